The molecular formula is C14H10ClN3OS. The number of fused-ring (bicyclic) bond motifs is 1. The maximum Gasteiger partial charge on any atom is 0.270 e. The highest BCUT2D eigenvalue weighted by Crippen LogP contribution is 2.22. The minimum Gasteiger partial charge on any atom is -0.344 e. The summed E-state index contributed by atoms with van der Waals surface area (Å²) in [4.78, 5) is 20.5. The maximum atomic E-state index is 12.1. The lowest BCUT2D eigenvalue weighted by Crippen LogP contribution is -2.23. The minimum absolute atomic E-state index is 0.257. The number of benzene rings is 1. The standard InChI is InChI=1S/C14H10ClN3OS/c15-10-7-12(18-11-4-2-1-3-9(10)11)14(19)17-8-13-16-5-6-20-13/h1-7H,8H2,(H,17,19). The number of halogens is 1. The van der Waals surface area contributed by atoms with Crippen molar-refractivity contribution in [1.82, 2.24) is 15.3 Å². The fraction of sp³-hybridized carbons (Fsp3) is 0.0714. The van der Waals surface area contributed by atoms with E-state index in [1.54, 1.807) is 12.3 Å². The van der Waals surface area contributed by atoms with Crippen LogP contribution < -0.4 is 5.32 Å². The lowest BCUT2D eigenvalue weighted by molar-refractivity contribution is 0.0946. The molecule has 0 spiro atoms. The number of hydrogen-bond donors (Lipinski definition) is 1. The fourth-order valence-corrected chi connectivity index (χ4v) is 2.66. The number of pyridine rings is 1. The number of rotatable bonds is 3. The van der Waals surface area contributed by atoms with Gasteiger partial charge in [0.05, 0.1) is 17.1 Å². The minimum atomic E-state index is -0.257. The quantitative estimate of drug-likeness (QED) is 0.808. The van der Waals surface area contributed by atoms with E-state index in [0.29, 0.717) is 22.8 Å². The average Bonchev–Trinajstić information content (AvgIpc) is 2.98. The molecule has 2 heterocycles. The molecule has 0 radical (unpaired) electrons. The molecule has 0 unspecified atom stereocenters. The van der Waals surface area contributed by atoms with Gasteiger partial charge in [0, 0.05) is 17.0 Å². The second-order valence-corrected chi connectivity index (χ2v) is 5.50. The Labute approximate surface area is 124 Å². The Kier molecular flexibility index (Phi) is 3.62. The van der Waals surface area contributed by atoms with Crippen molar-refractivity contribution in [3.8, 4) is 0 Å². The molecule has 0 saturated carbocycles. The molecule has 1 amide bonds. The van der Waals surface area contributed by atoms with Crippen molar-refractivity contribution in [2.45, 2.75) is 6.54 Å². The zero-order chi connectivity index (χ0) is 13.9. The van der Waals surface area contributed by atoms with Crippen LogP contribution in [-0.4, -0.2) is 15.9 Å². The van der Waals surface area contributed by atoms with E-state index < -0.39 is 0 Å². The van der Waals surface area contributed by atoms with E-state index in [-0.39, 0.29) is 5.91 Å². The van der Waals surface area contributed by atoms with Crippen LogP contribution in [0.4, 0.5) is 0 Å². The number of carbonyl (C=O) groups excluding carboxylic acids is 1. The predicted molar refractivity (Wildman–Crippen MR) is 80.0 cm³/mol. The molecule has 0 aliphatic carbocycles. The number of aromatic nitrogens is 2. The zero-order valence-electron chi connectivity index (χ0n) is 10.3. The molecule has 4 nitrogen and oxygen atoms in total. The summed E-state index contributed by atoms with van der Waals surface area (Å²) in [5, 5.41) is 6.86. The molecule has 100 valence electrons. The third kappa shape index (κ3) is 2.64. The number of para-hydroxylation sites is 1. The highest BCUT2D eigenvalue weighted by atomic mass is 35.5. The zero-order valence-corrected chi connectivity index (χ0v) is 11.9. The summed E-state index contributed by atoms with van der Waals surface area (Å²) in [7, 11) is 0. The van der Waals surface area contributed by atoms with E-state index >= 15 is 0 Å². The summed E-state index contributed by atoms with van der Waals surface area (Å²) in [5.41, 5.74) is 1.02. The topological polar surface area (TPSA) is 54.9 Å². The first-order valence-electron chi connectivity index (χ1n) is 5.96. The molecular weight excluding hydrogens is 294 g/mol. The van der Waals surface area contributed by atoms with Crippen LogP contribution >= 0.6 is 22.9 Å². The Morgan fingerprint density at radius 2 is 2.20 bits per heavy atom. The number of amides is 1. The molecule has 3 aromatic rings. The normalized spacial score (nSPS) is 10.7. The van der Waals surface area contributed by atoms with Crippen molar-refractivity contribution >= 4 is 39.7 Å². The number of thiazole rings is 1. The van der Waals surface area contributed by atoms with Crippen LogP contribution in [0.25, 0.3) is 10.9 Å². The van der Waals surface area contributed by atoms with Gasteiger partial charge in [0.25, 0.3) is 5.91 Å². The van der Waals surface area contributed by atoms with Crippen molar-refractivity contribution in [3.05, 3.63) is 57.6 Å². The van der Waals surface area contributed by atoms with Gasteiger partial charge in [-0.1, -0.05) is 29.8 Å². The summed E-state index contributed by atoms with van der Waals surface area (Å²) in [5.74, 6) is -0.257. The molecule has 0 aliphatic heterocycles. The van der Waals surface area contributed by atoms with Crippen molar-refractivity contribution in [2.24, 2.45) is 0 Å². The lowest BCUT2D eigenvalue weighted by Gasteiger charge is -2.05. The first kappa shape index (κ1) is 13.0. The number of carbonyl (C=O) groups is 1. The van der Waals surface area contributed by atoms with E-state index in [4.69, 9.17) is 11.6 Å². The summed E-state index contributed by atoms with van der Waals surface area (Å²) < 4.78 is 0. The monoisotopic (exact) mass is 303 g/mol. The van der Waals surface area contributed by atoms with E-state index in [0.717, 1.165) is 10.4 Å². The van der Waals surface area contributed by atoms with Crippen molar-refractivity contribution < 1.29 is 4.79 Å². The smallest absolute Gasteiger partial charge is 0.270 e. The largest absolute Gasteiger partial charge is 0.344 e. The van der Waals surface area contributed by atoms with Gasteiger partial charge in [-0.15, -0.1) is 11.3 Å². The van der Waals surface area contributed by atoms with Crippen LogP contribution in [0, 0.1) is 0 Å². The molecule has 1 aromatic carbocycles. The molecule has 0 bridgehead atoms. The summed E-state index contributed by atoms with van der Waals surface area (Å²) >= 11 is 7.67. The van der Waals surface area contributed by atoms with Crippen LogP contribution in [-0.2, 0) is 6.54 Å². The van der Waals surface area contributed by atoms with Crippen LogP contribution in [0.1, 0.15) is 15.5 Å². The van der Waals surface area contributed by atoms with Crippen molar-refractivity contribution in [1.29, 1.82) is 0 Å². The molecule has 0 fully saturated rings. The Morgan fingerprint density at radius 3 is 3.00 bits per heavy atom. The second-order valence-electron chi connectivity index (χ2n) is 4.11. The second kappa shape index (κ2) is 5.56. The predicted octanol–water partition coefficient (Wildman–Crippen LogP) is 3.27. The summed E-state index contributed by atoms with van der Waals surface area (Å²) in [6.45, 7) is 0.391. The first-order valence-corrected chi connectivity index (χ1v) is 7.21. The first-order chi connectivity index (χ1) is 9.74. The molecule has 3 rings (SSSR count). The Morgan fingerprint density at radius 1 is 1.35 bits per heavy atom. The van der Waals surface area contributed by atoms with Gasteiger partial charge in [-0.3, -0.25) is 4.79 Å². The summed E-state index contributed by atoms with van der Waals surface area (Å²) in [6.07, 6.45) is 1.71. The highest BCUT2D eigenvalue weighted by molar-refractivity contribution is 7.09. The average molecular weight is 304 g/mol. The maximum absolute atomic E-state index is 12.1. The molecule has 20 heavy (non-hydrogen) atoms. The number of nitrogens with one attached hydrogen (secondary N) is 1. The molecule has 0 saturated heterocycles. The van der Waals surface area contributed by atoms with Gasteiger partial charge in [0.15, 0.2) is 0 Å². The van der Waals surface area contributed by atoms with Crippen LogP contribution in [0.5, 0.6) is 0 Å². The Bertz CT molecular complexity index is 758. The van der Waals surface area contributed by atoms with E-state index in [2.05, 4.69) is 15.3 Å². The number of hydrogen-bond acceptors (Lipinski definition) is 4. The van der Waals surface area contributed by atoms with Gasteiger partial charge < -0.3 is 5.32 Å². The van der Waals surface area contributed by atoms with Gasteiger partial charge in [-0.2, -0.15) is 0 Å². The molecule has 0 aliphatic rings. The van der Waals surface area contributed by atoms with Crippen LogP contribution in [0.3, 0.4) is 0 Å². The lowest BCUT2D eigenvalue weighted by atomic mass is 10.2. The third-order valence-corrected chi connectivity index (χ3v) is 3.87. The third-order valence-electron chi connectivity index (χ3n) is 2.78. The summed E-state index contributed by atoms with van der Waals surface area (Å²) in [6, 6.07) is 9.04. The Hall–Kier alpha value is -1.98. The van der Waals surface area contributed by atoms with E-state index in [9.17, 15) is 4.79 Å². The van der Waals surface area contributed by atoms with E-state index in [1.807, 2.05) is 29.6 Å². The molecule has 2 aromatic heterocycles. The van der Waals surface area contributed by atoms with Gasteiger partial charge in [-0.05, 0) is 12.1 Å². The SMILES string of the molecule is O=C(NCc1nccs1)c1cc(Cl)c2ccccc2n1. The fourth-order valence-electron chi connectivity index (χ4n) is 1.84. The highest BCUT2D eigenvalue weighted by Gasteiger charge is 2.11. The van der Waals surface area contributed by atoms with Crippen LogP contribution in [0.2, 0.25) is 5.02 Å². The van der Waals surface area contributed by atoms with Crippen molar-refractivity contribution in [2.75, 3.05) is 0 Å². The molecule has 0 atom stereocenters. The van der Waals surface area contributed by atoms with Crippen molar-refractivity contribution in [3.63, 3.8) is 0 Å². The van der Waals surface area contributed by atoms with Gasteiger partial charge in [0.2, 0.25) is 0 Å². The molecule has 1 N–H and O–H groups in total. The van der Waals surface area contributed by atoms with Crippen LogP contribution in [0.15, 0.2) is 41.9 Å². The number of nitrogens with zero attached hydrogens (tertiary/aromatic N) is 2. The van der Waals surface area contributed by atoms with E-state index in [1.165, 1.54) is 11.3 Å². The van der Waals surface area contributed by atoms with Gasteiger partial charge in [0.1, 0.15) is 10.7 Å². The molecule has 6 heteroatoms. The van der Waals surface area contributed by atoms with Gasteiger partial charge in [-0.25, -0.2) is 9.97 Å². The Balaban J connectivity index is 1.84. The van der Waals surface area contributed by atoms with Gasteiger partial charge >= 0.3 is 0 Å².